The van der Waals surface area contributed by atoms with E-state index in [1.54, 1.807) is 31.5 Å². The number of nitrogens with one attached hydrogen (secondary N) is 1. The summed E-state index contributed by atoms with van der Waals surface area (Å²) >= 11 is 6.29. The van der Waals surface area contributed by atoms with Gasteiger partial charge in [0.15, 0.2) is 0 Å². The number of hydrogen-bond acceptors (Lipinski definition) is 4. The van der Waals surface area contributed by atoms with E-state index in [4.69, 9.17) is 21.1 Å². The van der Waals surface area contributed by atoms with Gasteiger partial charge in [-0.2, -0.15) is 5.10 Å². The SMILES string of the molecule is COc1ccc(C(=O)NN=Cc2cc(C)n(-c3ccc(C)c(Cl)c3)c2C)c(OC)c1. The molecule has 6 nitrogen and oxygen atoms in total. The summed E-state index contributed by atoms with van der Waals surface area (Å²) in [6, 6.07) is 12.9. The second kappa shape index (κ2) is 9.05. The number of rotatable bonds is 6. The van der Waals surface area contributed by atoms with Crippen LogP contribution in [0.4, 0.5) is 0 Å². The van der Waals surface area contributed by atoms with Gasteiger partial charge in [-0.1, -0.05) is 17.7 Å². The van der Waals surface area contributed by atoms with Gasteiger partial charge in [0.2, 0.25) is 0 Å². The average molecular weight is 426 g/mol. The summed E-state index contributed by atoms with van der Waals surface area (Å²) in [6.07, 6.45) is 1.63. The fourth-order valence-electron chi connectivity index (χ4n) is 3.24. The Morgan fingerprint density at radius 3 is 2.50 bits per heavy atom. The molecule has 1 aromatic heterocycles. The van der Waals surface area contributed by atoms with E-state index in [1.165, 1.54) is 7.11 Å². The first kappa shape index (κ1) is 21.5. The number of amides is 1. The molecule has 1 N–H and O–H groups in total. The summed E-state index contributed by atoms with van der Waals surface area (Å²) in [5, 5.41) is 4.84. The first-order chi connectivity index (χ1) is 14.3. The van der Waals surface area contributed by atoms with Gasteiger partial charge in [-0.05, 0) is 56.7 Å². The molecule has 2 aromatic carbocycles. The van der Waals surface area contributed by atoms with Crippen molar-refractivity contribution in [3.05, 3.63) is 75.6 Å². The van der Waals surface area contributed by atoms with Gasteiger partial charge >= 0.3 is 0 Å². The lowest BCUT2D eigenvalue weighted by atomic mass is 10.2. The van der Waals surface area contributed by atoms with Gasteiger partial charge < -0.3 is 14.0 Å². The number of ether oxygens (including phenoxy) is 2. The zero-order valence-corrected chi connectivity index (χ0v) is 18.4. The Kier molecular flexibility index (Phi) is 6.47. The molecule has 156 valence electrons. The molecule has 0 radical (unpaired) electrons. The van der Waals surface area contributed by atoms with Crippen LogP contribution in [0.25, 0.3) is 5.69 Å². The van der Waals surface area contributed by atoms with Crippen LogP contribution >= 0.6 is 11.6 Å². The van der Waals surface area contributed by atoms with Crippen molar-refractivity contribution >= 4 is 23.7 Å². The van der Waals surface area contributed by atoms with E-state index in [0.29, 0.717) is 17.1 Å². The fourth-order valence-corrected chi connectivity index (χ4v) is 3.42. The Morgan fingerprint density at radius 1 is 1.07 bits per heavy atom. The maximum absolute atomic E-state index is 12.5. The number of hydrogen-bond donors (Lipinski definition) is 1. The molecule has 0 atom stereocenters. The minimum absolute atomic E-state index is 0.370. The summed E-state index contributed by atoms with van der Waals surface area (Å²) in [5.74, 6) is 0.650. The molecule has 0 aliphatic heterocycles. The molecule has 0 saturated heterocycles. The molecule has 0 saturated carbocycles. The molecule has 3 aromatic rings. The normalized spacial score (nSPS) is 11.0. The number of methoxy groups -OCH3 is 2. The van der Waals surface area contributed by atoms with Crippen LogP contribution in [0.2, 0.25) is 5.02 Å². The van der Waals surface area contributed by atoms with Gasteiger partial charge in [0.1, 0.15) is 11.5 Å². The van der Waals surface area contributed by atoms with Crippen molar-refractivity contribution in [2.45, 2.75) is 20.8 Å². The first-order valence-electron chi connectivity index (χ1n) is 9.36. The highest BCUT2D eigenvalue weighted by molar-refractivity contribution is 6.31. The van der Waals surface area contributed by atoms with Gasteiger partial charge in [0, 0.05) is 33.7 Å². The largest absolute Gasteiger partial charge is 0.497 e. The molecule has 0 bridgehead atoms. The molecule has 1 amide bonds. The van der Waals surface area contributed by atoms with Gasteiger partial charge in [0.25, 0.3) is 5.91 Å². The maximum Gasteiger partial charge on any atom is 0.275 e. The van der Waals surface area contributed by atoms with Crippen LogP contribution in [0.3, 0.4) is 0 Å². The summed E-state index contributed by atoms with van der Waals surface area (Å²) < 4.78 is 12.5. The highest BCUT2D eigenvalue weighted by atomic mass is 35.5. The number of hydrazone groups is 1. The number of halogens is 1. The number of carbonyl (C=O) groups excluding carboxylic acids is 1. The van der Waals surface area contributed by atoms with E-state index in [9.17, 15) is 4.79 Å². The quantitative estimate of drug-likeness (QED) is 0.454. The molecular weight excluding hydrogens is 402 g/mol. The van der Waals surface area contributed by atoms with Gasteiger partial charge in [0.05, 0.1) is 26.0 Å². The minimum Gasteiger partial charge on any atom is -0.497 e. The van der Waals surface area contributed by atoms with Crippen LogP contribution in [0, 0.1) is 20.8 Å². The number of nitrogens with zero attached hydrogens (tertiary/aromatic N) is 2. The van der Waals surface area contributed by atoms with Crippen molar-refractivity contribution in [3.8, 4) is 17.2 Å². The number of carbonyl (C=O) groups is 1. The van der Waals surface area contributed by atoms with Crippen molar-refractivity contribution in [2.75, 3.05) is 14.2 Å². The van der Waals surface area contributed by atoms with Crippen LogP contribution in [0.15, 0.2) is 47.6 Å². The van der Waals surface area contributed by atoms with Crippen molar-refractivity contribution < 1.29 is 14.3 Å². The summed E-state index contributed by atoms with van der Waals surface area (Å²) in [5.41, 5.74) is 7.86. The molecule has 0 aliphatic carbocycles. The lowest BCUT2D eigenvalue weighted by Gasteiger charge is -2.11. The Morgan fingerprint density at radius 2 is 1.83 bits per heavy atom. The smallest absolute Gasteiger partial charge is 0.275 e. The molecular formula is C23H24ClN3O3. The van der Waals surface area contributed by atoms with Crippen molar-refractivity contribution in [1.29, 1.82) is 0 Å². The van der Waals surface area contributed by atoms with E-state index in [1.807, 2.05) is 45.0 Å². The fraction of sp³-hybridized carbons (Fsp3) is 0.217. The Labute approximate surface area is 181 Å². The molecule has 0 unspecified atom stereocenters. The van der Waals surface area contributed by atoms with Crippen LogP contribution in [0.5, 0.6) is 11.5 Å². The van der Waals surface area contributed by atoms with Crippen molar-refractivity contribution in [3.63, 3.8) is 0 Å². The van der Waals surface area contributed by atoms with E-state index in [-0.39, 0.29) is 5.91 Å². The maximum atomic E-state index is 12.5. The minimum atomic E-state index is -0.370. The zero-order chi connectivity index (χ0) is 21.8. The molecule has 0 aliphatic rings. The molecule has 3 rings (SSSR count). The lowest BCUT2D eigenvalue weighted by Crippen LogP contribution is -2.18. The molecule has 30 heavy (non-hydrogen) atoms. The van der Waals surface area contributed by atoms with E-state index in [0.717, 1.165) is 33.2 Å². The molecule has 7 heteroatoms. The topological polar surface area (TPSA) is 64.8 Å². The molecule has 0 spiro atoms. The predicted octanol–water partition coefficient (Wildman–Crippen LogP) is 4.84. The van der Waals surface area contributed by atoms with E-state index in [2.05, 4.69) is 15.1 Å². The lowest BCUT2D eigenvalue weighted by molar-refractivity contribution is 0.0952. The monoisotopic (exact) mass is 425 g/mol. The van der Waals surface area contributed by atoms with Crippen molar-refractivity contribution in [1.82, 2.24) is 9.99 Å². The third-order valence-corrected chi connectivity index (χ3v) is 5.31. The van der Waals surface area contributed by atoms with Crippen LogP contribution < -0.4 is 14.9 Å². The highest BCUT2D eigenvalue weighted by Gasteiger charge is 2.13. The molecule has 1 heterocycles. The summed E-state index contributed by atoms with van der Waals surface area (Å²) in [6.45, 7) is 5.98. The number of aryl methyl sites for hydroxylation is 2. The summed E-state index contributed by atoms with van der Waals surface area (Å²) in [7, 11) is 3.06. The van der Waals surface area contributed by atoms with Gasteiger partial charge in [-0.3, -0.25) is 4.79 Å². The number of benzene rings is 2. The van der Waals surface area contributed by atoms with Crippen LogP contribution in [-0.2, 0) is 0 Å². The van der Waals surface area contributed by atoms with Crippen LogP contribution in [-0.4, -0.2) is 30.9 Å². The Balaban J connectivity index is 1.80. The highest BCUT2D eigenvalue weighted by Crippen LogP contribution is 2.25. The third kappa shape index (κ3) is 4.33. The van der Waals surface area contributed by atoms with Crippen molar-refractivity contribution in [2.24, 2.45) is 5.10 Å². The van der Waals surface area contributed by atoms with Crippen LogP contribution in [0.1, 0.15) is 32.9 Å². The Bertz CT molecular complexity index is 1120. The number of aromatic nitrogens is 1. The third-order valence-electron chi connectivity index (χ3n) is 4.91. The van der Waals surface area contributed by atoms with E-state index < -0.39 is 0 Å². The standard InChI is InChI=1S/C23H24ClN3O3/c1-14-6-7-18(11-21(14)24)27-15(2)10-17(16(27)3)13-25-26-23(28)20-9-8-19(29-4)12-22(20)30-5/h6-13H,1-5H3,(H,26,28). The summed E-state index contributed by atoms with van der Waals surface area (Å²) in [4.78, 5) is 12.5. The Hall–Kier alpha value is -3.25. The van der Waals surface area contributed by atoms with Gasteiger partial charge in [-0.25, -0.2) is 5.43 Å². The zero-order valence-electron chi connectivity index (χ0n) is 17.6. The van der Waals surface area contributed by atoms with Gasteiger partial charge in [-0.15, -0.1) is 0 Å². The molecule has 0 fully saturated rings. The van der Waals surface area contributed by atoms with E-state index >= 15 is 0 Å². The first-order valence-corrected chi connectivity index (χ1v) is 9.74. The second-order valence-electron chi connectivity index (χ2n) is 6.86. The second-order valence-corrected chi connectivity index (χ2v) is 7.27. The predicted molar refractivity (Wildman–Crippen MR) is 120 cm³/mol. The average Bonchev–Trinajstić information content (AvgIpc) is 3.02.